The maximum absolute atomic E-state index is 11.9. The second-order valence-corrected chi connectivity index (χ2v) is 8.21. The Morgan fingerprint density at radius 2 is 1.70 bits per heavy atom. The summed E-state index contributed by atoms with van der Waals surface area (Å²) in [6, 6.07) is 6.06. The summed E-state index contributed by atoms with van der Waals surface area (Å²) in [5.41, 5.74) is 1.18. The highest BCUT2D eigenvalue weighted by Crippen LogP contribution is 2.14. The molecule has 0 heterocycles. The summed E-state index contributed by atoms with van der Waals surface area (Å²) in [6.45, 7) is 3.19. The van der Waals surface area contributed by atoms with Crippen molar-refractivity contribution in [2.24, 2.45) is 0 Å². The largest absolute Gasteiger partial charge is 0.347 e. The first kappa shape index (κ1) is 19.0. The van der Waals surface area contributed by atoms with Crippen molar-refractivity contribution in [3.63, 3.8) is 0 Å². The normalized spacial score (nSPS) is 11.2. The fraction of sp³-hybridized carbons (Fsp3) is 0.467. The van der Waals surface area contributed by atoms with Crippen LogP contribution in [-0.2, 0) is 20.4 Å². The average Bonchev–Trinajstić information content (AvgIpc) is 2.46. The Kier molecular flexibility index (Phi) is 6.56. The van der Waals surface area contributed by atoms with Crippen molar-refractivity contribution in [2.75, 3.05) is 26.0 Å². The Labute approximate surface area is 137 Å². The third kappa shape index (κ3) is 6.27. The molecule has 0 atom stereocenters. The van der Waals surface area contributed by atoms with Gasteiger partial charge in [-0.15, -0.1) is 0 Å². The molecular formula is C15H23N3O4S. The monoisotopic (exact) mass is 341 g/mol. The number of likely N-dealkylation sites (N-methyl/N-ethyl adjacent to an activating group) is 1. The number of nitrogens with one attached hydrogen (secondary N) is 2. The smallest absolute Gasteiger partial charge is 0.319 e. The third-order valence-corrected chi connectivity index (χ3v) is 5.37. The van der Waals surface area contributed by atoms with Gasteiger partial charge in [-0.3, -0.25) is 4.79 Å². The lowest BCUT2D eigenvalue weighted by molar-refractivity contribution is -0.127. The van der Waals surface area contributed by atoms with Gasteiger partial charge in [0, 0.05) is 19.8 Å². The first-order valence-corrected chi connectivity index (χ1v) is 8.89. The van der Waals surface area contributed by atoms with Gasteiger partial charge in [-0.1, -0.05) is 12.1 Å². The number of amides is 3. The molecule has 0 aliphatic carbocycles. The molecular weight excluding hydrogens is 318 g/mol. The zero-order valence-electron chi connectivity index (χ0n) is 13.8. The number of hydrogen-bond donors (Lipinski definition) is 2. The molecule has 0 bridgehead atoms. The van der Waals surface area contributed by atoms with Crippen LogP contribution >= 0.6 is 0 Å². The van der Waals surface area contributed by atoms with Crippen molar-refractivity contribution in [1.82, 2.24) is 10.2 Å². The second kappa shape index (κ2) is 7.96. The summed E-state index contributed by atoms with van der Waals surface area (Å²) in [7, 11) is 0.0508. The maximum atomic E-state index is 11.9. The van der Waals surface area contributed by atoms with Crippen LogP contribution in [0.15, 0.2) is 24.3 Å². The average molecular weight is 341 g/mol. The van der Waals surface area contributed by atoms with E-state index in [1.807, 2.05) is 0 Å². The number of anilines is 1. The number of carbonyl (C=O) groups is 2. The molecule has 0 aromatic heterocycles. The van der Waals surface area contributed by atoms with Gasteiger partial charge in [-0.25, -0.2) is 13.2 Å². The molecule has 7 nitrogen and oxygen atoms in total. The molecule has 0 fully saturated rings. The summed E-state index contributed by atoms with van der Waals surface area (Å²) < 4.78 is 23.7. The van der Waals surface area contributed by atoms with Crippen molar-refractivity contribution < 1.29 is 18.0 Å². The minimum absolute atomic E-state index is 0.0333. The van der Waals surface area contributed by atoms with Crippen LogP contribution in [0.2, 0.25) is 0 Å². The highest BCUT2D eigenvalue weighted by atomic mass is 32.2. The number of carbonyl (C=O) groups excluding carboxylic acids is 2. The lowest BCUT2D eigenvalue weighted by Crippen LogP contribution is -2.38. The minimum Gasteiger partial charge on any atom is -0.347 e. The standard InChI is InChI=1S/C15H23N3O4S/c1-11(2)23(21,22)10-12-5-7-13(8-6-12)17-15(20)16-9-14(19)18(3)4/h5-8,11H,9-10H2,1-4H3,(H2,16,17,20). The molecule has 8 heteroatoms. The highest BCUT2D eigenvalue weighted by Gasteiger charge is 2.16. The van der Waals surface area contributed by atoms with Crippen molar-refractivity contribution in [1.29, 1.82) is 0 Å². The molecule has 0 saturated carbocycles. The van der Waals surface area contributed by atoms with E-state index in [0.29, 0.717) is 11.3 Å². The van der Waals surface area contributed by atoms with E-state index in [0.717, 1.165) is 0 Å². The van der Waals surface area contributed by atoms with Gasteiger partial charge in [0.1, 0.15) is 0 Å². The molecule has 0 aliphatic heterocycles. The molecule has 0 radical (unpaired) electrons. The lowest BCUT2D eigenvalue weighted by atomic mass is 10.2. The van der Waals surface area contributed by atoms with Crippen LogP contribution in [0, 0.1) is 0 Å². The van der Waals surface area contributed by atoms with Gasteiger partial charge < -0.3 is 15.5 Å². The summed E-state index contributed by atoms with van der Waals surface area (Å²) in [5.74, 6) is -0.247. The molecule has 23 heavy (non-hydrogen) atoms. The Morgan fingerprint density at radius 1 is 1.13 bits per heavy atom. The number of urea groups is 1. The van der Waals surface area contributed by atoms with Gasteiger partial charge in [-0.2, -0.15) is 0 Å². The second-order valence-electron chi connectivity index (χ2n) is 5.65. The van der Waals surface area contributed by atoms with Crippen molar-refractivity contribution in [3.05, 3.63) is 29.8 Å². The number of benzene rings is 1. The quantitative estimate of drug-likeness (QED) is 0.813. The third-order valence-electron chi connectivity index (χ3n) is 3.20. The zero-order chi connectivity index (χ0) is 17.6. The molecule has 1 rings (SSSR count). The first-order valence-electron chi connectivity index (χ1n) is 7.17. The fourth-order valence-corrected chi connectivity index (χ4v) is 2.56. The van der Waals surface area contributed by atoms with E-state index >= 15 is 0 Å². The zero-order valence-corrected chi connectivity index (χ0v) is 14.6. The molecule has 128 valence electrons. The number of hydrogen-bond acceptors (Lipinski definition) is 4. The number of nitrogens with zero attached hydrogens (tertiary/aromatic N) is 1. The van der Waals surface area contributed by atoms with Gasteiger partial charge in [-0.05, 0) is 31.5 Å². The van der Waals surface area contributed by atoms with Gasteiger partial charge in [0.15, 0.2) is 9.84 Å². The van der Waals surface area contributed by atoms with E-state index in [1.165, 1.54) is 4.90 Å². The molecule has 3 amide bonds. The maximum Gasteiger partial charge on any atom is 0.319 e. The molecule has 0 aliphatic rings. The van der Waals surface area contributed by atoms with E-state index in [-0.39, 0.29) is 18.2 Å². The van der Waals surface area contributed by atoms with Crippen molar-refractivity contribution in [3.8, 4) is 0 Å². The SMILES string of the molecule is CC(C)S(=O)(=O)Cc1ccc(NC(=O)NCC(=O)N(C)C)cc1. The Hall–Kier alpha value is -2.09. The predicted octanol–water partition coefficient (Wildman–Crippen LogP) is 1.22. The van der Waals surface area contributed by atoms with Crippen LogP contribution < -0.4 is 10.6 Å². The Bertz CT molecular complexity index is 652. The minimum atomic E-state index is -3.16. The molecule has 2 N–H and O–H groups in total. The Morgan fingerprint density at radius 3 is 2.17 bits per heavy atom. The summed E-state index contributed by atoms with van der Waals surface area (Å²) in [6.07, 6.45) is 0. The number of sulfone groups is 1. The van der Waals surface area contributed by atoms with Crippen molar-refractivity contribution >= 4 is 27.5 Å². The van der Waals surface area contributed by atoms with E-state index in [4.69, 9.17) is 0 Å². The molecule has 0 saturated heterocycles. The van der Waals surface area contributed by atoms with E-state index < -0.39 is 21.1 Å². The number of rotatable bonds is 6. The van der Waals surface area contributed by atoms with Crippen LogP contribution in [-0.4, -0.2) is 51.1 Å². The van der Waals surface area contributed by atoms with Gasteiger partial charge in [0.05, 0.1) is 17.5 Å². The summed E-state index contributed by atoms with van der Waals surface area (Å²) in [5, 5.41) is 4.59. The van der Waals surface area contributed by atoms with Crippen LogP contribution in [0.3, 0.4) is 0 Å². The van der Waals surface area contributed by atoms with Crippen LogP contribution in [0.25, 0.3) is 0 Å². The lowest BCUT2D eigenvalue weighted by Gasteiger charge is -2.12. The van der Waals surface area contributed by atoms with Gasteiger partial charge in [0.2, 0.25) is 5.91 Å². The first-order chi connectivity index (χ1) is 10.6. The predicted molar refractivity (Wildman–Crippen MR) is 89.9 cm³/mol. The molecule has 0 spiro atoms. The van der Waals surface area contributed by atoms with Gasteiger partial charge >= 0.3 is 6.03 Å². The topological polar surface area (TPSA) is 95.6 Å². The van der Waals surface area contributed by atoms with E-state index in [1.54, 1.807) is 52.2 Å². The molecule has 0 unspecified atom stereocenters. The van der Waals surface area contributed by atoms with Crippen LogP contribution in [0.4, 0.5) is 10.5 Å². The summed E-state index contributed by atoms with van der Waals surface area (Å²) >= 11 is 0. The summed E-state index contributed by atoms with van der Waals surface area (Å²) in [4.78, 5) is 24.4. The van der Waals surface area contributed by atoms with Gasteiger partial charge in [0.25, 0.3) is 0 Å². The molecule has 1 aromatic carbocycles. The Balaban J connectivity index is 2.57. The van der Waals surface area contributed by atoms with Crippen LogP contribution in [0.1, 0.15) is 19.4 Å². The van der Waals surface area contributed by atoms with Crippen LogP contribution in [0.5, 0.6) is 0 Å². The van der Waals surface area contributed by atoms with Crippen molar-refractivity contribution in [2.45, 2.75) is 24.9 Å². The fourth-order valence-electron chi connectivity index (χ4n) is 1.57. The van der Waals surface area contributed by atoms with E-state index in [2.05, 4.69) is 10.6 Å². The van der Waals surface area contributed by atoms with E-state index in [9.17, 15) is 18.0 Å². The molecule has 1 aromatic rings. The highest BCUT2D eigenvalue weighted by molar-refractivity contribution is 7.91.